The maximum atomic E-state index is 12.0. The Morgan fingerprint density at radius 3 is 2.74 bits per heavy atom. The van der Waals surface area contributed by atoms with E-state index in [0.29, 0.717) is 19.6 Å². The van der Waals surface area contributed by atoms with Gasteiger partial charge in [0.1, 0.15) is 18.4 Å². The number of carbonyl (C=O) groups is 2. The van der Waals surface area contributed by atoms with Crippen molar-refractivity contribution in [3.8, 4) is 5.75 Å². The Hall–Kier alpha value is -2.04. The van der Waals surface area contributed by atoms with Crippen molar-refractivity contribution in [2.75, 3.05) is 19.7 Å². The van der Waals surface area contributed by atoms with E-state index in [1.54, 1.807) is 4.90 Å². The first-order chi connectivity index (χ1) is 9.20. The maximum Gasteiger partial charge on any atom is 0.245 e. The van der Waals surface area contributed by atoms with Crippen molar-refractivity contribution in [3.05, 3.63) is 30.3 Å². The second-order valence-corrected chi connectivity index (χ2v) is 4.45. The van der Waals surface area contributed by atoms with Crippen molar-refractivity contribution < 1.29 is 14.3 Å². The van der Waals surface area contributed by atoms with Gasteiger partial charge in [0, 0.05) is 0 Å². The molecule has 0 saturated carbocycles. The van der Waals surface area contributed by atoms with Crippen molar-refractivity contribution in [2.45, 2.75) is 19.4 Å². The fourth-order valence-corrected chi connectivity index (χ4v) is 2.03. The second kappa shape index (κ2) is 6.22. The Labute approximate surface area is 112 Å². The van der Waals surface area contributed by atoms with Crippen LogP contribution in [0.5, 0.6) is 5.75 Å². The first kappa shape index (κ1) is 13.4. The number of nitrogens with one attached hydrogen (secondary N) is 1. The van der Waals surface area contributed by atoms with E-state index < -0.39 is 6.04 Å². The molecular formula is C14H18N2O3. The van der Waals surface area contributed by atoms with Crippen LogP contribution < -0.4 is 10.1 Å². The van der Waals surface area contributed by atoms with Gasteiger partial charge in [-0.1, -0.05) is 25.1 Å². The zero-order valence-electron chi connectivity index (χ0n) is 11.0. The molecule has 1 aliphatic rings. The topological polar surface area (TPSA) is 58.6 Å². The summed E-state index contributed by atoms with van der Waals surface area (Å²) >= 11 is 0. The number of carbonyl (C=O) groups excluding carboxylic acids is 2. The zero-order chi connectivity index (χ0) is 13.7. The lowest BCUT2D eigenvalue weighted by Crippen LogP contribution is -2.58. The van der Waals surface area contributed by atoms with Crippen LogP contribution in [-0.2, 0) is 9.59 Å². The van der Waals surface area contributed by atoms with Gasteiger partial charge in [-0.2, -0.15) is 0 Å². The molecular weight excluding hydrogens is 244 g/mol. The highest BCUT2D eigenvalue weighted by atomic mass is 16.5. The number of hydrogen-bond donors (Lipinski definition) is 1. The minimum absolute atomic E-state index is 0.0289. The maximum absolute atomic E-state index is 12.0. The van der Waals surface area contributed by atoms with E-state index >= 15 is 0 Å². The zero-order valence-corrected chi connectivity index (χ0v) is 11.0. The molecule has 2 rings (SSSR count). The molecule has 1 aromatic rings. The van der Waals surface area contributed by atoms with E-state index in [0.717, 1.165) is 5.75 Å². The molecule has 1 heterocycles. The molecule has 102 valence electrons. The molecule has 0 radical (unpaired) electrons. The molecule has 1 saturated heterocycles. The summed E-state index contributed by atoms with van der Waals surface area (Å²) in [5, 5.41) is 2.68. The third-order valence-electron chi connectivity index (χ3n) is 3.06. The number of amides is 2. The summed E-state index contributed by atoms with van der Waals surface area (Å²) in [5.41, 5.74) is 0. The lowest BCUT2D eigenvalue weighted by Gasteiger charge is -2.31. The van der Waals surface area contributed by atoms with E-state index in [4.69, 9.17) is 4.74 Å². The van der Waals surface area contributed by atoms with Crippen LogP contribution in [0.1, 0.15) is 13.3 Å². The highest BCUT2D eigenvalue weighted by molar-refractivity contribution is 5.94. The smallest absolute Gasteiger partial charge is 0.245 e. The molecule has 0 spiro atoms. The molecule has 1 aliphatic heterocycles. The highest BCUT2D eigenvalue weighted by Gasteiger charge is 2.30. The van der Waals surface area contributed by atoms with Crippen LogP contribution in [-0.4, -0.2) is 42.5 Å². The van der Waals surface area contributed by atoms with Gasteiger partial charge in [-0.05, 0) is 18.6 Å². The van der Waals surface area contributed by atoms with Crippen LogP contribution in [0.3, 0.4) is 0 Å². The molecule has 0 bridgehead atoms. The molecule has 1 aromatic carbocycles. The first-order valence-electron chi connectivity index (χ1n) is 6.46. The summed E-state index contributed by atoms with van der Waals surface area (Å²) in [6.45, 7) is 2.82. The Bertz CT molecular complexity index is 447. The quantitative estimate of drug-likeness (QED) is 0.854. The predicted molar refractivity (Wildman–Crippen MR) is 70.7 cm³/mol. The number of ether oxygens (including phenoxy) is 1. The van der Waals surface area contributed by atoms with Gasteiger partial charge in [0.05, 0.1) is 13.1 Å². The molecule has 2 amide bonds. The number of rotatable bonds is 5. The minimum atomic E-state index is -0.391. The fourth-order valence-electron chi connectivity index (χ4n) is 2.03. The Morgan fingerprint density at radius 2 is 2.05 bits per heavy atom. The van der Waals surface area contributed by atoms with Gasteiger partial charge < -0.3 is 15.0 Å². The van der Waals surface area contributed by atoms with Gasteiger partial charge in [-0.3, -0.25) is 9.59 Å². The third-order valence-corrected chi connectivity index (χ3v) is 3.06. The molecule has 1 atom stereocenters. The van der Waals surface area contributed by atoms with Crippen LogP contribution in [0.15, 0.2) is 30.3 Å². The van der Waals surface area contributed by atoms with Crippen molar-refractivity contribution >= 4 is 11.8 Å². The summed E-state index contributed by atoms with van der Waals surface area (Å²) in [4.78, 5) is 25.0. The van der Waals surface area contributed by atoms with Gasteiger partial charge in [0.25, 0.3) is 0 Å². The fraction of sp³-hybridized carbons (Fsp3) is 0.429. The van der Waals surface area contributed by atoms with Crippen LogP contribution in [0, 0.1) is 0 Å². The molecule has 5 heteroatoms. The van der Waals surface area contributed by atoms with E-state index in [-0.39, 0.29) is 18.4 Å². The molecule has 1 N–H and O–H groups in total. The number of nitrogens with zero attached hydrogens (tertiary/aromatic N) is 1. The van der Waals surface area contributed by atoms with Gasteiger partial charge in [0.15, 0.2) is 0 Å². The van der Waals surface area contributed by atoms with Gasteiger partial charge in [-0.25, -0.2) is 0 Å². The Kier molecular flexibility index (Phi) is 4.39. The summed E-state index contributed by atoms with van der Waals surface area (Å²) < 4.78 is 5.54. The van der Waals surface area contributed by atoms with E-state index in [1.165, 1.54) is 0 Å². The van der Waals surface area contributed by atoms with Crippen molar-refractivity contribution in [1.29, 1.82) is 0 Å². The standard InChI is InChI=1S/C14H18N2O3/c1-2-12-14(18)16(10-13(17)15-12)8-9-19-11-6-4-3-5-7-11/h3-7,12H,2,8-10H2,1H3,(H,15,17). The average molecular weight is 262 g/mol. The van der Waals surface area contributed by atoms with Crippen LogP contribution in [0.4, 0.5) is 0 Å². The lowest BCUT2D eigenvalue weighted by atomic mass is 10.1. The largest absolute Gasteiger partial charge is 0.492 e. The molecule has 19 heavy (non-hydrogen) atoms. The number of benzene rings is 1. The highest BCUT2D eigenvalue weighted by Crippen LogP contribution is 2.09. The van der Waals surface area contributed by atoms with Crippen LogP contribution >= 0.6 is 0 Å². The second-order valence-electron chi connectivity index (χ2n) is 4.45. The summed E-state index contributed by atoms with van der Waals surface area (Å²) in [7, 11) is 0. The number of para-hydroxylation sites is 1. The normalized spacial score (nSPS) is 19.2. The average Bonchev–Trinajstić information content (AvgIpc) is 2.43. The van der Waals surface area contributed by atoms with Crippen molar-refractivity contribution in [3.63, 3.8) is 0 Å². The molecule has 1 fully saturated rings. The van der Waals surface area contributed by atoms with Gasteiger partial charge >= 0.3 is 0 Å². The van der Waals surface area contributed by atoms with Crippen molar-refractivity contribution in [2.24, 2.45) is 0 Å². The summed E-state index contributed by atoms with van der Waals surface area (Å²) in [6.07, 6.45) is 0.612. The summed E-state index contributed by atoms with van der Waals surface area (Å²) in [6, 6.07) is 9.03. The van der Waals surface area contributed by atoms with Crippen LogP contribution in [0.25, 0.3) is 0 Å². The SMILES string of the molecule is CCC1NC(=O)CN(CCOc2ccccc2)C1=O. The van der Waals surface area contributed by atoms with Gasteiger partial charge in [-0.15, -0.1) is 0 Å². The number of hydrogen-bond acceptors (Lipinski definition) is 3. The number of piperazine rings is 1. The van der Waals surface area contributed by atoms with E-state index in [1.807, 2.05) is 37.3 Å². The van der Waals surface area contributed by atoms with Crippen molar-refractivity contribution in [1.82, 2.24) is 10.2 Å². The molecule has 1 unspecified atom stereocenters. The monoisotopic (exact) mass is 262 g/mol. The van der Waals surface area contributed by atoms with Crippen LogP contribution in [0.2, 0.25) is 0 Å². The predicted octanol–water partition coefficient (Wildman–Crippen LogP) is 0.802. The Morgan fingerprint density at radius 1 is 1.32 bits per heavy atom. The third kappa shape index (κ3) is 3.47. The summed E-state index contributed by atoms with van der Waals surface area (Å²) in [5.74, 6) is 0.633. The first-order valence-corrected chi connectivity index (χ1v) is 6.46. The van der Waals surface area contributed by atoms with E-state index in [2.05, 4.69) is 5.32 Å². The molecule has 5 nitrogen and oxygen atoms in total. The van der Waals surface area contributed by atoms with E-state index in [9.17, 15) is 9.59 Å². The molecule has 0 aromatic heterocycles. The van der Waals surface area contributed by atoms with Gasteiger partial charge in [0.2, 0.25) is 11.8 Å². The Balaban J connectivity index is 1.84. The molecule has 0 aliphatic carbocycles. The lowest BCUT2D eigenvalue weighted by molar-refractivity contribution is -0.144. The minimum Gasteiger partial charge on any atom is -0.492 e.